The van der Waals surface area contributed by atoms with Crippen LogP contribution in [-0.4, -0.2) is 66.1 Å². The van der Waals surface area contributed by atoms with E-state index in [1.807, 2.05) is 0 Å². The van der Waals surface area contributed by atoms with Crippen molar-refractivity contribution >= 4 is 48.9 Å². The average Bonchev–Trinajstić information content (AvgIpc) is 3.13. The summed E-state index contributed by atoms with van der Waals surface area (Å²) < 4.78 is 193. The van der Waals surface area contributed by atoms with E-state index >= 15 is 0 Å². The molecule has 0 aliphatic carbocycles. The second kappa shape index (κ2) is 18.8. The first-order valence-electron chi connectivity index (χ1n) is 16.4. The summed E-state index contributed by atoms with van der Waals surface area (Å²) in [6, 6.07) is 13.0. The number of hydrogen-bond donors (Lipinski definition) is 2. The highest BCUT2D eigenvalue weighted by molar-refractivity contribution is 7.92. The number of nitrogens with zero attached hydrogens (tertiary/aromatic N) is 2. The molecule has 4 aromatic carbocycles. The maximum absolute atomic E-state index is 14.5. The van der Waals surface area contributed by atoms with Crippen molar-refractivity contribution in [1.29, 1.82) is 0 Å². The number of anilines is 2. The Hall–Kier alpha value is -5.62. The Kier molecular flexibility index (Phi) is 15.2. The maximum Gasteiger partial charge on any atom is 0.471 e. The van der Waals surface area contributed by atoms with Gasteiger partial charge in [-0.3, -0.25) is 23.0 Å². The van der Waals surface area contributed by atoms with Crippen molar-refractivity contribution in [3.05, 3.63) is 130 Å². The third-order valence-electron chi connectivity index (χ3n) is 7.95. The number of benzene rings is 4. The van der Waals surface area contributed by atoms with Crippen LogP contribution in [0.2, 0.25) is 0 Å². The van der Waals surface area contributed by atoms with Crippen molar-refractivity contribution in [2.75, 3.05) is 34.2 Å². The van der Waals surface area contributed by atoms with Gasteiger partial charge in [-0.15, -0.1) is 0 Å². The molecule has 4 aromatic rings. The number of nitrogens with one attached hydrogen (secondary N) is 1. The topological polar surface area (TPSA) is 164 Å². The van der Waals surface area contributed by atoms with Gasteiger partial charge in [0.15, 0.2) is 11.6 Å². The van der Waals surface area contributed by atoms with Crippen molar-refractivity contribution in [3.8, 4) is 0 Å². The van der Waals surface area contributed by atoms with Gasteiger partial charge in [0.2, 0.25) is 20.0 Å². The number of amides is 1. The number of carbonyl (C=O) groups excluding carboxylic acids is 3. The van der Waals surface area contributed by atoms with E-state index in [4.69, 9.17) is 5.73 Å². The lowest BCUT2D eigenvalue weighted by Crippen LogP contribution is -2.39. The molecule has 0 bridgehead atoms. The summed E-state index contributed by atoms with van der Waals surface area (Å²) in [5, 5.41) is 1.33. The van der Waals surface area contributed by atoms with Crippen LogP contribution in [0, 0.1) is 11.6 Å². The van der Waals surface area contributed by atoms with Gasteiger partial charge in [-0.2, -0.15) is 39.5 Å². The fourth-order valence-electron chi connectivity index (χ4n) is 4.96. The van der Waals surface area contributed by atoms with Gasteiger partial charge < -0.3 is 11.1 Å². The molecule has 0 unspecified atom stereocenters. The summed E-state index contributed by atoms with van der Waals surface area (Å²) in [5.74, 6) is -5.93. The number of sulfonamides is 2. The van der Waals surface area contributed by atoms with Crippen LogP contribution in [0.4, 0.5) is 59.7 Å². The Balaban J connectivity index is 0.000000327. The average molecular weight is 905 g/mol. The minimum absolute atomic E-state index is 0.0173. The summed E-state index contributed by atoms with van der Waals surface area (Å²) >= 11 is 0. The first-order chi connectivity index (χ1) is 27.4. The predicted octanol–water partition coefficient (Wildman–Crippen LogP) is 6.62. The second-order valence-electron chi connectivity index (χ2n) is 12.5. The highest BCUT2D eigenvalue weighted by atomic mass is 32.2. The summed E-state index contributed by atoms with van der Waals surface area (Å²) in [5.41, 5.74) is 1.58. The number of ketones is 2. The van der Waals surface area contributed by atoms with Gasteiger partial charge in [0.25, 0.3) is 0 Å². The molecule has 0 aliphatic heterocycles. The van der Waals surface area contributed by atoms with E-state index in [1.165, 1.54) is 23.5 Å². The minimum Gasteiger partial charge on any atom is -0.341 e. The number of carbonyl (C=O) groups is 3. The number of halogens is 11. The summed E-state index contributed by atoms with van der Waals surface area (Å²) in [6.45, 7) is -2.66. The number of rotatable bonds is 13. The molecule has 0 atom stereocenters. The first-order valence-corrected chi connectivity index (χ1v) is 20.1. The molecular formula is C36H31F11N4O7S2. The Morgan fingerprint density at radius 2 is 0.983 bits per heavy atom. The third kappa shape index (κ3) is 13.5. The van der Waals surface area contributed by atoms with Gasteiger partial charge in [0, 0.05) is 22.3 Å². The number of hydrogen-bond acceptors (Lipinski definition) is 8. The summed E-state index contributed by atoms with van der Waals surface area (Å²) in [7, 11) is -8.19. The number of Topliss-reactive ketones (excluding diaryl/α,β-unsaturated/α-hetero) is 2. The fraction of sp³-hybridized carbons (Fsp3) is 0.250. The summed E-state index contributed by atoms with van der Waals surface area (Å²) in [4.78, 5) is 34.2. The van der Waals surface area contributed by atoms with Crippen molar-refractivity contribution < 1.29 is 79.5 Å². The lowest BCUT2D eigenvalue weighted by Gasteiger charge is -2.24. The van der Waals surface area contributed by atoms with Gasteiger partial charge in [-0.25, -0.2) is 25.6 Å². The van der Waals surface area contributed by atoms with Crippen molar-refractivity contribution in [2.24, 2.45) is 5.73 Å². The molecule has 0 aliphatic rings. The quantitative estimate of drug-likeness (QED) is 0.112. The van der Waals surface area contributed by atoms with E-state index < -0.39 is 104 Å². The molecule has 3 N–H and O–H groups in total. The van der Waals surface area contributed by atoms with Gasteiger partial charge in [-0.05, 0) is 48.5 Å². The molecule has 326 valence electrons. The maximum atomic E-state index is 14.5. The largest absolute Gasteiger partial charge is 0.471 e. The molecule has 0 saturated carbocycles. The van der Waals surface area contributed by atoms with Crippen LogP contribution in [-0.2, 0) is 50.3 Å². The molecule has 24 heteroatoms. The smallest absolute Gasteiger partial charge is 0.341 e. The van der Waals surface area contributed by atoms with Crippen LogP contribution < -0.4 is 19.7 Å². The van der Waals surface area contributed by atoms with E-state index in [0.717, 1.165) is 54.8 Å². The Labute approximate surface area is 334 Å². The third-order valence-corrected chi connectivity index (χ3v) is 10.2. The fourth-order valence-corrected chi connectivity index (χ4v) is 6.70. The molecule has 11 nitrogen and oxygen atoms in total. The standard InChI is InChI=1S/C19H15F7N2O4S.C17H16F4N2O3S/c1-33(31,32)28(14-4-2-3-13(8-14)18(21,22)23)10-12-6-5-11(7-15(12)20)16(29)9-27-17(30)19(24,25)26;1-27(25,26)23(14-4-2-3-13(8-14)17(19,20)21)10-12-6-5-11(7-15(12)18)16(24)9-22/h2-8H,9-10H2,1H3,(H,27,30);2-8H,9-10,22H2,1H3. The zero-order valence-electron chi connectivity index (χ0n) is 30.7. The molecule has 0 spiro atoms. The zero-order chi connectivity index (χ0) is 45.6. The molecule has 4 rings (SSSR count). The van der Waals surface area contributed by atoms with Crippen LogP contribution in [0.25, 0.3) is 0 Å². The Morgan fingerprint density at radius 3 is 1.30 bits per heavy atom. The lowest BCUT2D eigenvalue weighted by molar-refractivity contribution is -0.173. The summed E-state index contributed by atoms with van der Waals surface area (Å²) in [6.07, 6.45) is -13.1. The first kappa shape index (κ1) is 48.7. The van der Waals surface area contributed by atoms with Crippen LogP contribution >= 0.6 is 0 Å². The number of alkyl halides is 9. The van der Waals surface area contributed by atoms with E-state index in [1.54, 1.807) is 0 Å². The van der Waals surface area contributed by atoms with Crippen LogP contribution in [0.3, 0.4) is 0 Å². The normalized spacial score (nSPS) is 12.2. The molecule has 1 amide bonds. The van der Waals surface area contributed by atoms with Crippen molar-refractivity contribution in [2.45, 2.75) is 31.6 Å². The van der Waals surface area contributed by atoms with Crippen LogP contribution in [0.15, 0.2) is 84.9 Å². The molecule has 0 saturated heterocycles. The number of nitrogens with two attached hydrogens (primary N) is 1. The van der Waals surface area contributed by atoms with Crippen molar-refractivity contribution in [3.63, 3.8) is 0 Å². The van der Waals surface area contributed by atoms with Gasteiger partial charge >= 0.3 is 24.4 Å². The molecular weight excluding hydrogens is 874 g/mol. The van der Waals surface area contributed by atoms with E-state index in [2.05, 4.69) is 0 Å². The van der Waals surface area contributed by atoms with Crippen molar-refractivity contribution in [1.82, 2.24) is 5.32 Å². The highest BCUT2D eigenvalue weighted by Crippen LogP contribution is 2.34. The van der Waals surface area contributed by atoms with E-state index in [0.29, 0.717) is 33.1 Å². The van der Waals surface area contributed by atoms with Gasteiger partial charge in [0.05, 0.1) is 61.2 Å². The van der Waals surface area contributed by atoms with E-state index in [9.17, 15) is 79.5 Å². The molecule has 60 heavy (non-hydrogen) atoms. The predicted molar refractivity (Wildman–Crippen MR) is 195 cm³/mol. The SMILES string of the molecule is CS(=O)(=O)N(Cc1ccc(C(=O)CN)cc1F)c1cccc(C(F)(F)F)c1.CS(=O)(=O)N(Cc1ccc(C(=O)CNC(=O)C(F)(F)F)cc1F)c1cccc(C(F)(F)F)c1. The molecule has 0 heterocycles. The van der Waals surface area contributed by atoms with Gasteiger partial charge in [0.1, 0.15) is 11.6 Å². The Morgan fingerprint density at radius 1 is 0.600 bits per heavy atom. The molecule has 0 radical (unpaired) electrons. The van der Waals surface area contributed by atoms with Gasteiger partial charge in [-0.1, -0.05) is 36.4 Å². The monoisotopic (exact) mass is 904 g/mol. The zero-order valence-corrected chi connectivity index (χ0v) is 32.3. The van der Waals surface area contributed by atoms with E-state index in [-0.39, 0.29) is 34.6 Å². The van der Waals surface area contributed by atoms with Crippen LogP contribution in [0.5, 0.6) is 0 Å². The second-order valence-corrected chi connectivity index (χ2v) is 16.3. The molecule has 0 fully saturated rings. The van der Waals surface area contributed by atoms with Crippen LogP contribution in [0.1, 0.15) is 43.0 Å². The minimum atomic E-state index is -5.21. The Bertz CT molecular complexity index is 2460. The lowest BCUT2D eigenvalue weighted by atomic mass is 10.1. The molecule has 0 aromatic heterocycles. The highest BCUT2D eigenvalue weighted by Gasteiger charge is 2.39.